The van der Waals surface area contributed by atoms with E-state index < -0.39 is 6.09 Å². The van der Waals surface area contributed by atoms with Crippen LogP contribution in [-0.4, -0.2) is 33.1 Å². The summed E-state index contributed by atoms with van der Waals surface area (Å²) in [6.07, 6.45) is 0.0797. The Balaban J connectivity index is 1.69. The summed E-state index contributed by atoms with van der Waals surface area (Å²) in [5.74, 6) is 0.773. The van der Waals surface area contributed by atoms with Crippen LogP contribution in [-0.2, 0) is 6.42 Å². The van der Waals surface area contributed by atoms with Crippen molar-refractivity contribution in [2.45, 2.75) is 18.9 Å². The molecule has 2 aromatic heterocycles. The van der Waals surface area contributed by atoms with E-state index in [1.54, 1.807) is 18.2 Å². The van der Waals surface area contributed by atoms with E-state index in [2.05, 4.69) is 32.1 Å². The number of methoxy groups -OCH3 is 1. The summed E-state index contributed by atoms with van der Waals surface area (Å²) in [6.45, 7) is 0. The summed E-state index contributed by atoms with van der Waals surface area (Å²) in [5.41, 5.74) is 2.71. The topological polar surface area (TPSA) is 110 Å². The number of hydrogen-bond acceptors (Lipinski definition) is 6. The molecular formula is C18H13BrN4O4. The molecule has 4 rings (SSSR count). The molecule has 0 saturated heterocycles. The molecule has 0 fully saturated rings. The van der Waals surface area contributed by atoms with Crippen molar-refractivity contribution in [1.82, 2.24) is 14.8 Å². The SMILES string of the molecule is COc1nn(C(=O)O)c2ccc(OC3CCc4cc(C#N)c(Br)nc43)cc12. The van der Waals surface area contributed by atoms with Gasteiger partial charge in [0.1, 0.15) is 22.5 Å². The zero-order valence-corrected chi connectivity index (χ0v) is 15.7. The highest BCUT2D eigenvalue weighted by molar-refractivity contribution is 9.10. The molecule has 1 unspecified atom stereocenters. The Bertz CT molecular complexity index is 1120. The first kappa shape index (κ1) is 17.3. The van der Waals surface area contributed by atoms with E-state index >= 15 is 0 Å². The van der Waals surface area contributed by atoms with E-state index in [1.165, 1.54) is 7.11 Å². The first-order chi connectivity index (χ1) is 13.0. The molecule has 1 aromatic carbocycles. The van der Waals surface area contributed by atoms with E-state index in [1.807, 2.05) is 6.07 Å². The van der Waals surface area contributed by atoms with Gasteiger partial charge in [0.15, 0.2) is 0 Å². The summed E-state index contributed by atoms with van der Waals surface area (Å²) in [7, 11) is 1.43. The summed E-state index contributed by atoms with van der Waals surface area (Å²) >= 11 is 3.32. The molecule has 2 heterocycles. The van der Waals surface area contributed by atoms with Gasteiger partial charge in [-0.15, -0.1) is 5.10 Å². The fraction of sp³-hybridized carbons (Fsp3) is 0.222. The zero-order chi connectivity index (χ0) is 19.1. The number of rotatable bonds is 3. The number of carboxylic acid groups (broad SMARTS) is 1. The van der Waals surface area contributed by atoms with Gasteiger partial charge in [0.05, 0.1) is 29.3 Å². The molecule has 1 aliphatic carbocycles. The molecule has 0 radical (unpaired) electrons. The third-order valence-electron chi connectivity index (χ3n) is 4.46. The first-order valence-corrected chi connectivity index (χ1v) is 8.87. The standard InChI is InChI=1S/C18H13BrN4O4/c1-26-17-12-7-11(3-4-13(12)23(22-17)18(24)25)27-14-5-2-9-6-10(8-20)16(19)21-15(9)14/h3-4,6-7,14H,2,5H2,1H3,(H,24,25). The number of halogens is 1. The number of benzene rings is 1. The van der Waals surface area contributed by atoms with Gasteiger partial charge in [0.2, 0.25) is 5.88 Å². The summed E-state index contributed by atoms with van der Waals surface area (Å²) in [4.78, 5) is 15.8. The van der Waals surface area contributed by atoms with Gasteiger partial charge in [-0.05, 0) is 58.6 Å². The van der Waals surface area contributed by atoms with Crippen LogP contribution in [0.1, 0.15) is 29.3 Å². The van der Waals surface area contributed by atoms with Gasteiger partial charge in [-0.1, -0.05) is 0 Å². The molecule has 0 spiro atoms. The monoisotopic (exact) mass is 428 g/mol. The third kappa shape index (κ3) is 2.88. The number of aromatic nitrogens is 3. The van der Waals surface area contributed by atoms with E-state index in [4.69, 9.17) is 14.7 Å². The van der Waals surface area contributed by atoms with Gasteiger partial charge >= 0.3 is 6.09 Å². The van der Waals surface area contributed by atoms with Crippen molar-refractivity contribution in [2.75, 3.05) is 7.11 Å². The maximum atomic E-state index is 11.3. The Morgan fingerprint density at radius 2 is 2.26 bits per heavy atom. The lowest BCUT2D eigenvalue weighted by atomic mass is 10.2. The fourth-order valence-corrected chi connectivity index (χ4v) is 3.64. The van der Waals surface area contributed by atoms with Gasteiger partial charge in [-0.3, -0.25) is 0 Å². The van der Waals surface area contributed by atoms with Crippen molar-refractivity contribution in [3.63, 3.8) is 0 Å². The van der Waals surface area contributed by atoms with Crippen molar-refractivity contribution in [3.05, 3.63) is 45.7 Å². The second-order valence-electron chi connectivity index (χ2n) is 6.01. The Hall–Kier alpha value is -3.12. The number of nitriles is 1. The fourth-order valence-electron chi connectivity index (χ4n) is 3.24. The van der Waals surface area contributed by atoms with Crippen LogP contribution in [0.25, 0.3) is 10.9 Å². The molecule has 8 nitrogen and oxygen atoms in total. The van der Waals surface area contributed by atoms with E-state index in [-0.39, 0.29) is 12.0 Å². The van der Waals surface area contributed by atoms with Gasteiger partial charge in [-0.25, -0.2) is 9.78 Å². The van der Waals surface area contributed by atoms with Crippen LogP contribution >= 0.6 is 15.9 Å². The summed E-state index contributed by atoms with van der Waals surface area (Å²) in [6, 6.07) is 8.98. The molecule has 0 saturated carbocycles. The summed E-state index contributed by atoms with van der Waals surface area (Å²) in [5, 5.41) is 22.9. The number of carbonyl (C=O) groups is 1. The van der Waals surface area contributed by atoms with Gasteiger partial charge in [0, 0.05) is 0 Å². The van der Waals surface area contributed by atoms with Crippen LogP contribution in [0.15, 0.2) is 28.9 Å². The number of pyridine rings is 1. The van der Waals surface area contributed by atoms with Crippen molar-refractivity contribution in [3.8, 4) is 17.7 Å². The third-order valence-corrected chi connectivity index (χ3v) is 5.06. The number of ether oxygens (including phenoxy) is 2. The Labute approximate surface area is 162 Å². The Kier molecular flexibility index (Phi) is 4.20. The highest BCUT2D eigenvalue weighted by Gasteiger charge is 2.28. The predicted molar refractivity (Wildman–Crippen MR) is 98.0 cm³/mol. The number of aryl methyl sites for hydroxylation is 1. The number of nitrogens with zero attached hydrogens (tertiary/aromatic N) is 4. The maximum Gasteiger partial charge on any atom is 0.432 e. The smallest absolute Gasteiger partial charge is 0.432 e. The summed E-state index contributed by atoms with van der Waals surface area (Å²) < 4.78 is 12.6. The van der Waals surface area contributed by atoms with Crippen LogP contribution < -0.4 is 9.47 Å². The molecule has 0 amide bonds. The van der Waals surface area contributed by atoms with Crippen molar-refractivity contribution >= 4 is 32.9 Å². The molecule has 3 aromatic rings. The Morgan fingerprint density at radius 3 is 2.96 bits per heavy atom. The largest absolute Gasteiger partial charge is 0.484 e. The molecule has 0 bridgehead atoms. The van der Waals surface area contributed by atoms with Gasteiger partial charge in [0.25, 0.3) is 0 Å². The molecule has 136 valence electrons. The lowest BCUT2D eigenvalue weighted by molar-refractivity contribution is 0.193. The normalized spacial score (nSPS) is 15.4. The molecule has 9 heteroatoms. The maximum absolute atomic E-state index is 11.3. The van der Waals surface area contributed by atoms with Crippen LogP contribution in [0.5, 0.6) is 11.6 Å². The second kappa shape index (κ2) is 6.55. The minimum Gasteiger partial charge on any atom is -0.484 e. The average Bonchev–Trinajstić information content (AvgIpc) is 3.22. The van der Waals surface area contributed by atoms with Gasteiger partial charge < -0.3 is 14.6 Å². The molecule has 0 aliphatic heterocycles. The van der Waals surface area contributed by atoms with E-state index in [0.29, 0.717) is 26.8 Å². The quantitative estimate of drug-likeness (QED) is 0.633. The molecule has 1 aliphatic rings. The van der Waals surface area contributed by atoms with Crippen LogP contribution in [0.3, 0.4) is 0 Å². The Morgan fingerprint density at radius 1 is 1.44 bits per heavy atom. The van der Waals surface area contributed by atoms with Crippen molar-refractivity contribution < 1.29 is 19.4 Å². The average molecular weight is 429 g/mol. The molecule has 27 heavy (non-hydrogen) atoms. The molecule has 1 atom stereocenters. The minimum atomic E-state index is -1.19. The minimum absolute atomic E-state index is 0.212. The zero-order valence-electron chi connectivity index (χ0n) is 14.1. The van der Waals surface area contributed by atoms with Crippen LogP contribution in [0.2, 0.25) is 0 Å². The molecular weight excluding hydrogens is 416 g/mol. The second-order valence-corrected chi connectivity index (χ2v) is 6.76. The highest BCUT2D eigenvalue weighted by atomic mass is 79.9. The van der Waals surface area contributed by atoms with E-state index in [9.17, 15) is 9.90 Å². The van der Waals surface area contributed by atoms with Crippen molar-refractivity contribution in [1.29, 1.82) is 5.26 Å². The van der Waals surface area contributed by atoms with Crippen LogP contribution in [0, 0.1) is 11.3 Å². The highest BCUT2D eigenvalue weighted by Crippen LogP contribution is 2.37. The predicted octanol–water partition coefficient (Wildman–Crippen LogP) is 3.67. The molecule has 1 N–H and O–H groups in total. The lowest BCUT2D eigenvalue weighted by Gasteiger charge is -2.14. The van der Waals surface area contributed by atoms with Gasteiger partial charge in [-0.2, -0.15) is 9.94 Å². The lowest BCUT2D eigenvalue weighted by Crippen LogP contribution is -2.09. The van der Waals surface area contributed by atoms with Crippen LogP contribution in [0.4, 0.5) is 4.79 Å². The first-order valence-electron chi connectivity index (χ1n) is 8.08. The number of fused-ring (bicyclic) bond motifs is 2. The van der Waals surface area contributed by atoms with Crippen molar-refractivity contribution in [2.24, 2.45) is 0 Å². The number of hydrogen-bond donors (Lipinski definition) is 1. The van der Waals surface area contributed by atoms with E-state index in [0.717, 1.165) is 28.8 Å².